The highest BCUT2D eigenvalue weighted by Crippen LogP contribution is 2.06. The van der Waals surface area contributed by atoms with Crippen molar-refractivity contribution in [1.82, 2.24) is 0 Å². The Hall–Kier alpha value is -1.72. The van der Waals surface area contributed by atoms with Gasteiger partial charge in [-0.2, -0.15) is 4.99 Å². The van der Waals surface area contributed by atoms with Crippen molar-refractivity contribution in [2.45, 2.75) is 27.7 Å². The number of aliphatic imine (C=N–C) groups is 2. The van der Waals surface area contributed by atoms with Crippen LogP contribution in [0.5, 0.6) is 0 Å². The van der Waals surface area contributed by atoms with Crippen LogP contribution in [0.15, 0.2) is 9.98 Å². The van der Waals surface area contributed by atoms with Crippen molar-refractivity contribution >= 4 is 23.4 Å². The minimum Gasteiger partial charge on any atom is -0.370 e. The molecule has 6 heteroatoms. The molecule has 0 unspecified atom stereocenters. The summed E-state index contributed by atoms with van der Waals surface area (Å²) in [5.74, 6) is -0.908. The van der Waals surface area contributed by atoms with Gasteiger partial charge in [-0.15, -0.1) is 0 Å². The van der Waals surface area contributed by atoms with Gasteiger partial charge in [-0.05, 0) is 5.92 Å². The molecule has 0 rings (SSSR count). The van der Waals surface area contributed by atoms with E-state index in [-0.39, 0.29) is 29.5 Å². The van der Waals surface area contributed by atoms with Gasteiger partial charge in [-0.1, -0.05) is 27.7 Å². The molecule has 0 aromatic carbocycles. The number of guanidine groups is 2. The van der Waals surface area contributed by atoms with E-state index in [1.165, 1.54) is 0 Å². The maximum Gasteiger partial charge on any atom is 0.245 e. The quantitative estimate of drug-likeness (QED) is 0.480. The Morgan fingerprint density at radius 1 is 1.06 bits per heavy atom. The third-order valence-electron chi connectivity index (χ3n) is 1.79. The van der Waals surface area contributed by atoms with Crippen LogP contribution in [0, 0.1) is 17.2 Å². The van der Waals surface area contributed by atoms with Crippen LogP contribution in [0.3, 0.4) is 0 Å². The lowest BCUT2D eigenvalue weighted by Crippen LogP contribution is -2.27. The normalized spacial score (nSPS) is 11.8. The summed E-state index contributed by atoms with van der Waals surface area (Å²) in [6.07, 6.45) is 0. The number of nitrogens with one attached hydrogen (secondary N) is 1. The van der Waals surface area contributed by atoms with Crippen molar-refractivity contribution in [2.75, 3.05) is 0 Å². The molecule has 5 N–H and O–H groups in total. The van der Waals surface area contributed by atoms with Crippen molar-refractivity contribution in [3.05, 3.63) is 0 Å². The number of carbonyl (C=O) groups is 1. The molecular formula is C10H19N5O. The van der Waals surface area contributed by atoms with E-state index < -0.39 is 0 Å². The van der Waals surface area contributed by atoms with Gasteiger partial charge < -0.3 is 11.5 Å². The molecular weight excluding hydrogens is 206 g/mol. The van der Waals surface area contributed by atoms with Crippen LogP contribution in [0.25, 0.3) is 0 Å². The summed E-state index contributed by atoms with van der Waals surface area (Å²) in [6, 6.07) is 0. The first kappa shape index (κ1) is 14.3. The average Bonchev–Trinajstić information content (AvgIpc) is 2.11. The molecule has 16 heavy (non-hydrogen) atoms. The first-order chi connectivity index (χ1) is 7.25. The van der Waals surface area contributed by atoms with Crippen molar-refractivity contribution in [3.8, 4) is 0 Å². The zero-order valence-electron chi connectivity index (χ0n) is 10.1. The summed E-state index contributed by atoms with van der Waals surface area (Å²) in [4.78, 5) is 19.1. The summed E-state index contributed by atoms with van der Waals surface area (Å²) in [7, 11) is 0. The fourth-order valence-electron chi connectivity index (χ4n) is 1.03. The van der Waals surface area contributed by atoms with Gasteiger partial charge in [-0.25, -0.2) is 4.99 Å². The molecule has 0 fully saturated rings. The molecule has 0 atom stereocenters. The predicted octanol–water partition coefficient (Wildman–Crippen LogP) is 0.517. The molecule has 0 aliphatic rings. The van der Waals surface area contributed by atoms with E-state index in [4.69, 9.17) is 16.9 Å². The van der Waals surface area contributed by atoms with Crippen molar-refractivity contribution < 1.29 is 4.79 Å². The van der Waals surface area contributed by atoms with Crippen molar-refractivity contribution in [3.63, 3.8) is 0 Å². The zero-order valence-corrected chi connectivity index (χ0v) is 10.1. The number of nitrogens with zero attached hydrogens (tertiary/aromatic N) is 2. The topological polar surface area (TPSA) is 118 Å². The molecule has 0 saturated carbocycles. The lowest BCUT2D eigenvalue weighted by Gasteiger charge is -2.10. The van der Waals surface area contributed by atoms with Crippen LogP contribution < -0.4 is 11.5 Å². The van der Waals surface area contributed by atoms with Crippen molar-refractivity contribution in [1.29, 1.82) is 5.41 Å². The van der Waals surface area contributed by atoms with Gasteiger partial charge in [0, 0.05) is 5.92 Å². The predicted molar refractivity (Wildman–Crippen MR) is 65.7 cm³/mol. The summed E-state index contributed by atoms with van der Waals surface area (Å²) in [5, 5.41) is 7.39. The fourth-order valence-corrected chi connectivity index (χ4v) is 1.03. The number of ketones is 1. The van der Waals surface area contributed by atoms with Crippen LogP contribution >= 0.6 is 0 Å². The van der Waals surface area contributed by atoms with Crippen molar-refractivity contribution in [2.24, 2.45) is 33.3 Å². The third-order valence-corrected chi connectivity index (χ3v) is 1.79. The first-order valence-corrected chi connectivity index (χ1v) is 5.06. The molecule has 0 radical (unpaired) electrons. The number of hydrogen-bond acceptors (Lipinski definition) is 2. The molecule has 0 aliphatic heterocycles. The van der Waals surface area contributed by atoms with E-state index >= 15 is 0 Å². The second kappa shape index (κ2) is 5.99. The van der Waals surface area contributed by atoms with E-state index in [9.17, 15) is 4.79 Å². The molecule has 0 aromatic rings. The van der Waals surface area contributed by atoms with Gasteiger partial charge in [0.1, 0.15) is 0 Å². The standard InChI is InChI=1S/C10H19N5O/c1-5(2)7(8(16)6(3)4)14-10(13)15-9(11)12/h5-6H,1-4H3,(H5,11,12,13,15). The lowest BCUT2D eigenvalue weighted by atomic mass is 9.96. The zero-order chi connectivity index (χ0) is 12.9. The van der Waals surface area contributed by atoms with Gasteiger partial charge in [0.15, 0.2) is 11.7 Å². The Morgan fingerprint density at radius 2 is 1.56 bits per heavy atom. The lowest BCUT2D eigenvalue weighted by molar-refractivity contribution is -0.115. The largest absolute Gasteiger partial charge is 0.370 e. The van der Waals surface area contributed by atoms with E-state index in [1.54, 1.807) is 13.8 Å². The van der Waals surface area contributed by atoms with Crippen LogP contribution in [-0.4, -0.2) is 23.4 Å². The number of hydrogen-bond donors (Lipinski definition) is 3. The number of nitrogens with two attached hydrogens (primary N) is 2. The highest BCUT2D eigenvalue weighted by Gasteiger charge is 2.19. The number of Topliss-reactive ketones (excluding diaryl/α,β-unsaturated/α-hetero) is 1. The minimum atomic E-state index is -0.349. The molecule has 0 bridgehead atoms. The molecule has 0 heterocycles. The second-order valence-corrected chi connectivity index (χ2v) is 4.03. The highest BCUT2D eigenvalue weighted by molar-refractivity contribution is 6.42. The Bertz CT molecular complexity index is 337. The Balaban J connectivity index is 5.08. The molecule has 0 saturated heterocycles. The third kappa shape index (κ3) is 4.68. The monoisotopic (exact) mass is 225 g/mol. The van der Waals surface area contributed by atoms with Gasteiger partial charge in [0.2, 0.25) is 5.96 Å². The van der Waals surface area contributed by atoms with Gasteiger partial charge in [0.25, 0.3) is 0 Å². The van der Waals surface area contributed by atoms with Gasteiger partial charge in [0.05, 0.1) is 5.71 Å². The molecule has 0 spiro atoms. The van der Waals surface area contributed by atoms with Crippen LogP contribution in [0.2, 0.25) is 0 Å². The molecule has 6 nitrogen and oxygen atoms in total. The summed E-state index contributed by atoms with van der Waals surface area (Å²) < 4.78 is 0. The van der Waals surface area contributed by atoms with E-state index in [0.29, 0.717) is 5.71 Å². The Labute approximate surface area is 95.3 Å². The minimum absolute atomic E-state index is 0.0653. The maximum atomic E-state index is 11.8. The second-order valence-electron chi connectivity index (χ2n) is 4.03. The van der Waals surface area contributed by atoms with Crippen LogP contribution in [0.4, 0.5) is 0 Å². The molecule has 0 amide bonds. The summed E-state index contributed by atoms with van der Waals surface area (Å²) >= 11 is 0. The smallest absolute Gasteiger partial charge is 0.245 e. The molecule has 0 aromatic heterocycles. The van der Waals surface area contributed by atoms with Gasteiger partial charge in [-0.3, -0.25) is 10.2 Å². The summed E-state index contributed by atoms with van der Waals surface area (Å²) in [6.45, 7) is 7.23. The number of rotatable bonds is 3. The molecule has 0 aliphatic carbocycles. The Morgan fingerprint density at radius 3 is 1.88 bits per heavy atom. The highest BCUT2D eigenvalue weighted by atomic mass is 16.1. The first-order valence-electron chi connectivity index (χ1n) is 5.06. The maximum absolute atomic E-state index is 11.8. The van der Waals surface area contributed by atoms with Crippen LogP contribution in [0.1, 0.15) is 27.7 Å². The van der Waals surface area contributed by atoms with Crippen LogP contribution in [-0.2, 0) is 4.79 Å². The number of carbonyl (C=O) groups excluding carboxylic acids is 1. The summed E-state index contributed by atoms with van der Waals surface area (Å²) in [5.41, 5.74) is 10.6. The van der Waals surface area contributed by atoms with E-state index in [1.807, 2.05) is 13.8 Å². The Kier molecular flexibility index (Phi) is 5.35. The van der Waals surface area contributed by atoms with Gasteiger partial charge >= 0.3 is 0 Å². The van der Waals surface area contributed by atoms with E-state index in [0.717, 1.165) is 0 Å². The van der Waals surface area contributed by atoms with E-state index in [2.05, 4.69) is 9.98 Å². The average molecular weight is 225 g/mol. The fraction of sp³-hybridized carbons (Fsp3) is 0.600. The molecule has 90 valence electrons. The SMILES string of the molecule is CC(C)C(=O)C(=NC(=N)N=C(N)N)C(C)C.